The van der Waals surface area contributed by atoms with Gasteiger partial charge < -0.3 is 10.2 Å². The van der Waals surface area contributed by atoms with Crippen LogP contribution in [-0.4, -0.2) is 19.5 Å². The summed E-state index contributed by atoms with van der Waals surface area (Å²) in [5.74, 6) is 0.0258. The van der Waals surface area contributed by atoms with E-state index >= 15 is 0 Å². The molecule has 20 heavy (non-hydrogen) atoms. The number of rotatable bonds is 5. The van der Waals surface area contributed by atoms with Gasteiger partial charge in [-0.2, -0.15) is 0 Å². The highest BCUT2D eigenvalue weighted by Crippen LogP contribution is 2.10. The van der Waals surface area contributed by atoms with Gasteiger partial charge in [-0.1, -0.05) is 48.0 Å². The van der Waals surface area contributed by atoms with Crippen LogP contribution in [0.1, 0.15) is 11.1 Å². The first-order chi connectivity index (χ1) is 9.65. The fourth-order valence-electron chi connectivity index (χ4n) is 2.07. The van der Waals surface area contributed by atoms with E-state index in [9.17, 15) is 4.79 Å². The van der Waals surface area contributed by atoms with Crippen LogP contribution in [0.4, 0.5) is 5.69 Å². The molecule has 0 saturated carbocycles. The Morgan fingerprint density at radius 2 is 1.85 bits per heavy atom. The number of benzene rings is 2. The maximum Gasteiger partial charge on any atom is 0.239 e. The molecule has 0 unspecified atom stereocenters. The highest BCUT2D eigenvalue weighted by atomic mass is 16.2. The fourth-order valence-corrected chi connectivity index (χ4v) is 2.07. The van der Waals surface area contributed by atoms with Gasteiger partial charge in [0.05, 0.1) is 6.54 Å². The van der Waals surface area contributed by atoms with E-state index in [4.69, 9.17) is 0 Å². The summed E-state index contributed by atoms with van der Waals surface area (Å²) in [6.07, 6.45) is 0. The minimum atomic E-state index is 0.0258. The van der Waals surface area contributed by atoms with E-state index in [2.05, 4.69) is 24.4 Å². The second-order valence-corrected chi connectivity index (χ2v) is 4.96. The summed E-state index contributed by atoms with van der Waals surface area (Å²) in [4.78, 5) is 13.9. The second-order valence-electron chi connectivity index (χ2n) is 4.96. The highest BCUT2D eigenvalue weighted by molar-refractivity contribution is 5.81. The van der Waals surface area contributed by atoms with Crippen LogP contribution in [0, 0.1) is 6.92 Å². The summed E-state index contributed by atoms with van der Waals surface area (Å²) < 4.78 is 0. The van der Waals surface area contributed by atoms with Crippen molar-refractivity contribution in [2.24, 2.45) is 0 Å². The van der Waals surface area contributed by atoms with Crippen molar-refractivity contribution in [1.82, 2.24) is 5.32 Å². The lowest BCUT2D eigenvalue weighted by Crippen LogP contribution is -2.34. The normalized spacial score (nSPS) is 10.1. The predicted molar refractivity (Wildman–Crippen MR) is 82.7 cm³/mol. The summed E-state index contributed by atoms with van der Waals surface area (Å²) in [6, 6.07) is 18.1. The summed E-state index contributed by atoms with van der Waals surface area (Å²) in [7, 11) is 1.92. The number of carbonyl (C=O) groups is 1. The Labute approximate surface area is 120 Å². The van der Waals surface area contributed by atoms with E-state index in [0.717, 1.165) is 11.3 Å². The zero-order chi connectivity index (χ0) is 14.4. The Kier molecular flexibility index (Phi) is 4.77. The number of nitrogens with zero attached hydrogens (tertiary/aromatic N) is 1. The topological polar surface area (TPSA) is 32.3 Å². The molecule has 104 valence electrons. The lowest BCUT2D eigenvalue weighted by Gasteiger charge is -2.18. The largest absolute Gasteiger partial charge is 0.365 e. The molecule has 2 rings (SSSR count). The van der Waals surface area contributed by atoms with Crippen LogP contribution in [0.5, 0.6) is 0 Å². The third kappa shape index (κ3) is 4.12. The third-order valence-electron chi connectivity index (χ3n) is 3.15. The molecule has 0 radical (unpaired) electrons. The third-order valence-corrected chi connectivity index (χ3v) is 3.15. The number of para-hydroxylation sites is 1. The summed E-state index contributed by atoms with van der Waals surface area (Å²) in [6.45, 7) is 2.98. The number of amides is 1. The maximum atomic E-state index is 11.9. The van der Waals surface area contributed by atoms with Crippen molar-refractivity contribution in [3.63, 3.8) is 0 Å². The van der Waals surface area contributed by atoms with Gasteiger partial charge in [-0.15, -0.1) is 0 Å². The molecule has 2 aromatic rings. The molecule has 0 saturated heterocycles. The zero-order valence-corrected chi connectivity index (χ0v) is 12.0. The molecule has 0 aromatic heterocycles. The molecule has 1 N–H and O–H groups in total. The van der Waals surface area contributed by atoms with E-state index < -0.39 is 0 Å². The molecular weight excluding hydrogens is 248 g/mol. The van der Waals surface area contributed by atoms with Crippen LogP contribution < -0.4 is 10.2 Å². The molecule has 0 atom stereocenters. The van der Waals surface area contributed by atoms with Gasteiger partial charge >= 0.3 is 0 Å². The lowest BCUT2D eigenvalue weighted by molar-refractivity contribution is -0.119. The molecule has 2 aromatic carbocycles. The fraction of sp³-hybridized carbons (Fsp3) is 0.235. The molecule has 0 spiro atoms. The van der Waals surface area contributed by atoms with Gasteiger partial charge in [-0.05, 0) is 24.6 Å². The van der Waals surface area contributed by atoms with Crippen LogP contribution in [0.15, 0.2) is 54.6 Å². The summed E-state index contributed by atoms with van der Waals surface area (Å²) in [5, 5.41) is 2.95. The van der Waals surface area contributed by atoms with Gasteiger partial charge in [0, 0.05) is 19.3 Å². The van der Waals surface area contributed by atoms with Crippen molar-refractivity contribution in [3.8, 4) is 0 Å². The summed E-state index contributed by atoms with van der Waals surface area (Å²) in [5.41, 5.74) is 3.37. The molecule has 1 amide bonds. The first kappa shape index (κ1) is 14.1. The van der Waals surface area contributed by atoms with Crippen molar-refractivity contribution in [2.75, 3.05) is 18.5 Å². The molecule has 0 aliphatic heterocycles. The van der Waals surface area contributed by atoms with Crippen LogP contribution in [0.2, 0.25) is 0 Å². The molecule has 3 nitrogen and oxygen atoms in total. The summed E-state index contributed by atoms with van der Waals surface area (Å²) >= 11 is 0. The van der Waals surface area contributed by atoms with Crippen molar-refractivity contribution < 1.29 is 4.79 Å². The van der Waals surface area contributed by atoms with Gasteiger partial charge in [0.15, 0.2) is 0 Å². The zero-order valence-electron chi connectivity index (χ0n) is 12.0. The maximum absolute atomic E-state index is 11.9. The molecule has 0 aliphatic carbocycles. The standard InChI is InChI=1S/C17H20N2O/c1-14-7-6-8-15(11-14)12-18-17(20)13-19(2)16-9-4-3-5-10-16/h3-11H,12-13H2,1-2H3,(H,18,20). The number of hydrogen-bond acceptors (Lipinski definition) is 2. The van der Waals surface area contributed by atoms with Gasteiger partial charge in [0.2, 0.25) is 5.91 Å². The van der Waals surface area contributed by atoms with Crippen molar-refractivity contribution in [2.45, 2.75) is 13.5 Å². The highest BCUT2D eigenvalue weighted by Gasteiger charge is 2.06. The number of nitrogens with one attached hydrogen (secondary N) is 1. The Morgan fingerprint density at radius 3 is 2.55 bits per heavy atom. The Bertz CT molecular complexity index is 566. The first-order valence-corrected chi connectivity index (χ1v) is 6.73. The van der Waals surface area contributed by atoms with Crippen molar-refractivity contribution >= 4 is 11.6 Å². The van der Waals surface area contributed by atoms with E-state index in [1.54, 1.807) is 0 Å². The predicted octanol–water partition coefficient (Wildman–Crippen LogP) is 2.75. The Balaban J connectivity index is 1.84. The van der Waals surface area contributed by atoms with Crippen molar-refractivity contribution in [3.05, 3.63) is 65.7 Å². The average Bonchev–Trinajstić information content (AvgIpc) is 2.46. The molecular formula is C17H20N2O. The number of likely N-dealkylation sites (N-methyl/N-ethyl adjacent to an activating group) is 1. The number of carbonyl (C=O) groups excluding carboxylic acids is 1. The average molecular weight is 268 g/mol. The Morgan fingerprint density at radius 1 is 1.10 bits per heavy atom. The first-order valence-electron chi connectivity index (χ1n) is 6.73. The quantitative estimate of drug-likeness (QED) is 0.904. The van der Waals surface area contributed by atoms with E-state index in [0.29, 0.717) is 13.1 Å². The van der Waals surface area contributed by atoms with Gasteiger partial charge in [-0.3, -0.25) is 4.79 Å². The van der Waals surface area contributed by atoms with Crippen LogP contribution in [0.25, 0.3) is 0 Å². The molecule has 0 aliphatic rings. The number of anilines is 1. The van der Waals surface area contributed by atoms with E-state index in [1.165, 1.54) is 5.56 Å². The van der Waals surface area contributed by atoms with Crippen LogP contribution in [0.3, 0.4) is 0 Å². The molecule has 3 heteroatoms. The monoisotopic (exact) mass is 268 g/mol. The smallest absolute Gasteiger partial charge is 0.239 e. The van der Waals surface area contributed by atoms with Gasteiger partial charge in [0.1, 0.15) is 0 Å². The number of aryl methyl sites for hydroxylation is 1. The molecule has 0 bridgehead atoms. The minimum Gasteiger partial charge on any atom is -0.365 e. The van der Waals surface area contributed by atoms with E-state index in [1.807, 2.05) is 54.4 Å². The van der Waals surface area contributed by atoms with E-state index in [-0.39, 0.29) is 5.91 Å². The van der Waals surface area contributed by atoms with Gasteiger partial charge in [0.25, 0.3) is 0 Å². The Hall–Kier alpha value is -2.29. The second kappa shape index (κ2) is 6.75. The number of hydrogen-bond donors (Lipinski definition) is 1. The SMILES string of the molecule is Cc1cccc(CNC(=O)CN(C)c2ccccc2)c1. The van der Waals surface area contributed by atoms with Crippen molar-refractivity contribution in [1.29, 1.82) is 0 Å². The molecule has 0 fully saturated rings. The van der Waals surface area contributed by atoms with Crippen LogP contribution in [-0.2, 0) is 11.3 Å². The minimum absolute atomic E-state index is 0.0258. The molecule has 0 heterocycles. The lowest BCUT2D eigenvalue weighted by atomic mass is 10.1. The van der Waals surface area contributed by atoms with Crippen LogP contribution >= 0.6 is 0 Å². The van der Waals surface area contributed by atoms with Gasteiger partial charge in [-0.25, -0.2) is 0 Å².